The van der Waals surface area contributed by atoms with E-state index in [0.717, 1.165) is 51.7 Å². The van der Waals surface area contributed by atoms with E-state index in [-0.39, 0.29) is 56.0 Å². The molecule has 2 aliphatic heterocycles. The van der Waals surface area contributed by atoms with Crippen molar-refractivity contribution in [3.63, 3.8) is 0 Å². The van der Waals surface area contributed by atoms with Gasteiger partial charge in [0.1, 0.15) is 0 Å². The zero-order chi connectivity index (χ0) is 22.1. The molecule has 1 aliphatic carbocycles. The van der Waals surface area contributed by atoms with Gasteiger partial charge >= 0.3 is 0 Å². The first-order valence-corrected chi connectivity index (χ1v) is 12.4. The number of hydrogen-bond acceptors (Lipinski definition) is 2. The summed E-state index contributed by atoms with van der Waals surface area (Å²) < 4.78 is 0. The minimum atomic E-state index is -0.0424. The van der Waals surface area contributed by atoms with E-state index in [2.05, 4.69) is 84.7 Å². The number of carbonyl (C=O) groups is 1. The molecule has 4 heteroatoms. The number of benzene rings is 2. The van der Waals surface area contributed by atoms with E-state index in [1.165, 1.54) is 11.1 Å². The third-order valence-corrected chi connectivity index (χ3v) is 8.66. The first-order chi connectivity index (χ1) is 15.6. The second-order valence-corrected chi connectivity index (χ2v) is 10.3. The van der Waals surface area contributed by atoms with E-state index in [1.807, 2.05) is 0 Å². The maximum atomic E-state index is 14.2. The Morgan fingerprint density at radius 3 is 2.33 bits per heavy atom. The number of hydrogen-bond donors (Lipinski definition) is 1. The quantitative estimate of drug-likeness (QED) is 0.552. The van der Waals surface area contributed by atoms with Crippen molar-refractivity contribution < 1.29 is 37.5 Å². The molecule has 1 N–H and O–H groups in total. The maximum absolute atomic E-state index is 14.2. The first-order valence-electron chi connectivity index (χ1n) is 12.4. The summed E-state index contributed by atoms with van der Waals surface area (Å²) in [4.78, 5) is 16.4. The Balaban J connectivity index is 0.00000259. The molecule has 5 rings (SSSR count). The zero-order valence-electron chi connectivity index (χ0n) is 19.7. The summed E-state index contributed by atoms with van der Waals surface area (Å²) in [5.41, 5.74) is 2.61. The van der Waals surface area contributed by atoms with Crippen molar-refractivity contribution in [2.45, 2.75) is 44.1 Å². The van der Waals surface area contributed by atoms with Gasteiger partial charge in [-0.05, 0) is 48.3 Å². The Bertz CT molecular complexity index is 920. The fourth-order valence-electron chi connectivity index (χ4n) is 6.76. The van der Waals surface area contributed by atoms with Gasteiger partial charge in [0.05, 0.1) is 12.0 Å². The van der Waals surface area contributed by atoms with E-state index < -0.39 is 0 Å². The van der Waals surface area contributed by atoms with Gasteiger partial charge in [-0.1, -0.05) is 73.5 Å². The van der Waals surface area contributed by atoms with Crippen LogP contribution in [0.3, 0.4) is 0 Å². The van der Waals surface area contributed by atoms with Crippen molar-refractivity contribution in [1.29, 1.82) is 0 Å². The van der Waals surface area contributed by atoms with Crippen LogP contribution in [0.1, 0.15) is 55.2 Å². The van der Waals surface area contributed by atoms with E-state index in [9.17, 15) is 4.79 Å². The molecule has 2 aromatic carbocycles. The van der Waals surface area contributed by atoms with Crippen LogP contribution in [0.25, 0.3) is 0 Å². The molecule has 1 amide bonds. The maximum Gasteiger partial charge on any atom is 0.228 e. The van der Waals surface area contributed by atoms with Crippen LogP contribution < -0.4 is 5.32 Å². The van der Waals surface area contributed by atoms with Crippen LogP contribution in [0.15, 0.2) is 60.7 Å². The molecule has 1 radical (unpaired) electrons. The van der Waals surface area contributed by atoms with Crippen LogP contribution in [0, 0.1) is 37.0 Å². The van der Waals surface area contributed by atoms with Crippen molar-refractivity contribution in [3.05, 3.63) is 85.6 Å². The van der Waals surface area contributed by atoms with Crippen LogP contribution in [-0.4, -0.2) is 30.4 Å². The van der Waals surface area contributed by atoms with Crippen molar-refractivity contribution in [3.8, 4) is 0 Å². The molecule has 173 valence electrons. The number of carbonyl (C=O) groups excluding carboxylic acids is 1. The molecule has 3 nitrogen and oxygen atoms in total. The summed E-state index contributed by atoms with van der Waals surface area (Å²) in [6, 6.07) is 21.6. The van der Waals surface area contributed by atoms with E-state index in [0.29, 0.717) is 17.7 Å². The molecule has 3 aliphatic rings. The normalized spacial score (nSPS) is 34.1. The number of nitrogens with zero attached hydrogens (tertiary/aromatic N) is 1. The SMILES string of the molecule is [CH2-]C1CCCC2(CNC[C@H]2C(=O)N2CCC(c3ccccc3)CC2c2ccccc2)C1[CH2-].[Y]. The molecule has 1 saturated carbocycles. The second-order valence-electron chi connectivity index (χ2n) is 10.3. The Labute approximate surface area is 225 Å². The fraction of sp³-hybridized carbons (Fsp3) is 0.483. The number of rotatable bonds is 3. The van der Waals surface area contributed by atoms with Crippen molar-refractivity contribution in [2.75, 3.05) is 19.6 Å². The van der Waals surface area contributed by atoms with Gasteiger partial charge < -0.3 is 24.1 Å². The molecule has 0 bridgehead atoms. The molecule has 33 heavy (non-hydrogen) atoms. The largest absolute Gasteiger partial charge is 0.342 e. The number of likely N-dealkylation sites (tertiary alicyclic amines) is 1. The zero-order valence-corrected chi connectivity index (χ0v) is 22.5. The second kappa shape index (κ2) is 10.7. The van der Waals surface area contributed by atoms with Gasteiger partial charge in [-0.2, -0.15) is 11.8 Å². The molecular weight excluding hydrogens is 481 g/mol. The Morgan fingerprint density at radius 1 is 0.970 bits per heavy atom. The molecule has 6 atom stereocenters. The standard InChI is InChI=1S/C29H36N2O.Y/c1-21-10-9-16-29(22(21)2)20-30-19-26(29)28(32)31-17-15-25(23-11-5-3-6-12-23)18-27(31)24-13-7-4-8-14-24;/h3-8,11-14,21-22,25-27,30H,1-2,9-10,15-20H2;/q-2;/t21?,22?,25?,26-,27?,29?;/m0./s1. The number of piperidine rings is 1. The van der Waals surface area contributed by atoms with Crippen LogP contribution in [0.2, 0.25) is 0 Å². The summed E-state index contributed by atoms with van der Waals surface area (Å²) in [5, 5.41) is 3.58. The van der Waals surface area contributed by atoms with E-state index >= 15 is 0 Å². The van der Waals surface area contributed by atoms with Crippen LogP contribution in [0.4, 0.5) is 0 Å². The smallest absolute Gasteiger partial charge is 0.228 e. The van der Waals surface area contributed by atoms with Crippen LogP contribution in [0.5, 0.6) is 0 Å². The summed E-state index contributed by atoms with van der Waals surface area (Å²) in [6.07, 6.45) is 5.39. The minimum absolute atomic E-state index is 0. The van der Waals surface area contributed by atoms with Crippen molar-refractivity contribution in [1.82, 2.24) is 10.2 Å². The number of amides is 1. The summed E-state index contributed by atoms with van der Waals surface area (Å²) >= 11 is 0. The molecule has 5 unspecified atom stereocenters. The molecule has 3 fully saturated rings. The van der Waals surface area contributed by atoms with Crippen LogP contribution in [-0.2, 0) is 37.5 Å². The fourth-order valence-corrected chi connectivity index (χ4v) is 6.76. The molecule has 2 heterocycles. The Hall–Kier alpha value is -1.03. The predicted molar refractivity (Wildman–Crippen MR) is 130 cm³/mol. The topological polar surface area (TPSA) is 32.3 Å². The first kappa shape index (κ1) is 25.1. The molecule has 0 aromatic heterocycles. The molecule has 2 aromatic rings. The van der Waals surface area contributed by atoms with Gasteiger partial charge in [-0.15, -0.1) is 0 Å². The Morgan fingerprint density at radius 2 is 1.64 bits per heavy atom. The third-order valence-electron chi connectivity index (χ3n) is 8.66. The van der Waals surface area contributed by atoms with Gasteiger partial charge in [-0.25, -0.2) is 0 Å². The number of nitrogens with one attached hydrogen (secondary N) is 1. The monoisotopic (exact) mass is 517 g/mol. The third kappa shape index (κ3) is 4.75. The van der Waals surface area contributed by atoms with Crippen molar-refractivity contribution >= 4 is 5.91 Å². The molecule has 2 saturated heterocycles. The van der Waals surface area contributed by atoms with Gasteiger partial charge in [-0.3, -0.25) is 4.79 Å². The predicted octanol–water partition coefficient (Wildman–Crippen LogP) is 5.42. The minimum Gasteiger partial charge on any atom is -0.342 e. The van der Waals surface area contributed by atoms with Crippen molar-refractivity contribution in [2.24, 2.45) is 23.2 Å². The van der Waals surface area contributed by atoms with Gasteiger partial charge in [0.15, 0.2) is 0 Å². The average Bonchev–Trinajstić information content (AvgIpc) is 3.27. The van der Waals surface area contributed by atoms with E-state index in [1.54, 1.807) is 0 Å². The van der Waals surface area contributed by atoms with Gasteiger partial charge in [0, 0.05) is 45.8 Å². The van der Waals surface area contributed by atoms with Gasteiger partial charge in [0.25, 0.3) is 0 Å². The molecule has 1 spiro atoms. The van der Waals surface area contributed by atoms with Crippen LogP contribution >= 0.6 is 0 Å². The summed E-state index contributed by atoms with van der Waals surface area (Å²) in [7, 11) is 0. The average molecular weight is 518 g/mol. The van der Waals surface area contributed by atoms with Gasteiger partial charge in [0.2, 0.25) is 5.91 Å². The summed E-state index contributed by atoms with van der Waals surface area (Å²) in [5.74, 6) is 1.40. The Kier molecular flexibility index (Phi) is 8.14. The van der Waals surface area contributed by atoms with E-state index in [4.69, 9.17) is 0 Å². The molecular formula is C29H36N2OY-2. The summed E-state index contributed by atoms with van der Waals surface area (Å²) in [6.45, 7) is 11.4.